The van der Waals surface area contributed by atoms with E-state index in [4.69, 9.17) is 0 Å². The van der Waals surface area contributed by atoms with Gasteiger partial charge in [0.15, 0.2) is 5.69 Å². The second-order valence-corrected chi connectivity index (χ2v) is 6.56. The van der Waals surface area contributed by atoms with E-state index in [1.54, 1.807) is 0 Å². The fourth-order valence-corrected chi connectivity index (χ4v) is 2.73. The van der Waals surface area contributed by atoms with Crippen molar-refractivity contribution in [1.82, 2.24) is 20.2 Å². The van der Waals surface area contributed by atoms with Crippen LogP contribution in [-0.4, -0.2) is 43.9 Å². The van der Waals surface area contributed by atoms with Crippen LogP contribution in [0.25, 0.3) is 0 Å². The summed E-state index contributed by atoms with van der Waals surface area (Å²) in [6.45, 7) is 0.0731. The first kappa shape index (κ1) is 14.0. The van der Waals surface area contributed by atoms with Gasteiger partial charge in [-0.15, -0.1) is 0 Å². The average molecular weight is 286 g/mol. The van der Waals surface area contributed by atoms with Crippen molar-refractivity contribution in [2.75, 3.05) is 19.3 Å². The van der Waals surface area contributed by atoms with Crippen molar-refractivity contribution in [3.05, 3.63) is 17.0 Å². The van der Waals surface area contributed by atoms with Gasteiger partial charge in [-0.3, -0.25) is 9.89 Å². The average Bonchev–Trinajstić information content (AvgIpc) is 2.82. The molecule has 1 aliphatic rings. The van der Waals surface area contributed by atoms with E-state index in [0.717, 1.165) is 36.9 Å². The molecule has 1 aromatic heterocycles. The normalized spacial score (nSPS) is 15.0. The van der Waals surface area contributed by atoms with Gasteiger partial charge in [0, 0.05) is 17.8 Å². The van der Waals surface area contributed by atoms with Gasteiger partial charge in [0.2, 0.25) is 10.0 Å². The van der Waals surface area contributed by atoms with E-state index < -0.39 is 10.0 Å². The first-order chi connectivity index (χ1) is 9.03. The van der Waals surface area contributed by atoms with Crippen LogP contribution in [0.5, 0.6) is 0 Å². The van der Waals surface area contributed by atoms with Crippen LogP contribution in [0.1, 0.15) is 34.6 Å². The first-order valence-corrected chi connectivity index (χ1v) is 7.94. The molecule has 0 saturated heterocycles. The molecule has 0 unspecified atom stereocenters. The molecule has 0 aliphatic heterocycles. The molecule has 0 spiro atoms. The minimum Gasteiger partial charge on any atom is -0.350 e. The predicted octanol–water partition coefficient (Wildman–Crippen LogP) is -0.432. The molecule has 3 N–H and O–H groups in total. The molecule has 8 heteroatoms. The maximum Gasteiger partial charge on any atom is 0.272 e. The Morgan fingerprint density at radius 2 is 2.11 bits per heavy atom. The Balaban J connectivity index is 1.95. The summed E-state index contributed by atoms with van der Waals surface area (Å²) in [4.78, 5) is 11.9. The number of carbonyl (C=O) groups is 1. The lowest BCUT2D eigenvalue weighted by Gasteiger charge is -2.11. The van der Waals surface area contributed by atoms with Crippen LogP contribution in [0, 0.1) is 0 Å². The molecule has 1 amide bonds. The van der Waals surface area contributed by atoms with Crippen molar-refractivity contribution in [2.45, 2.75) is 25.7 Å². The summed E-state index contributed by atoms with van der Waals surface area (Å²) in [5.74, 6) is -0.451. The Labute approximate surface area is 112 Å². The van der Waals surface area contributed by atoms with Crippen molar-refractivity contribution in [3.8, 4) is 0 Å². The molecule has 0 saturated carbocycles. The topological polar surface area (TPSA) is 104 Å². The van der Waals surface area contributed by atoms with Crippen molar-refractivity contribution in [1.29, 1.82) is 0 Å². The Morgan fingerprint density at radius 3 is 2.84 bits per heavy atom. The highest BCUT2D eigenvalue weighted by Gasteiger charge is 2.21. The maximum atomic E-state index is 11.9. The number of rotatable bonds is 5. The number of hydrogen-bond donors (Lipinski definition) is 3. The highest BCUT2D eigenvalue weighted by molar-refractivity contribution is 7.89. The van der Waals surface area contributed by atoms with Gasteiger partial charge < -0.3 is 5.32 Å². The second kappa shape index (κ2) is 5.70. The van der Waals surface area contributed by atoms with Crippen LogP contribution >= 0.6 is 0 Å². The Bertz CT molecular complexity index is 564. The molecule has 106 valence electrons. The van der Waals surface area contributed by atoms with Gasteiger partial charge >= 0.3 is 0 Å². The Morgan fingerprint density at radius 1 is 1.37 bits per heavy atom. The Hall–Kier alpha value is -1.41. The molecule has 1 aliphatic carbocycles. The van der Waals surface area contributed by atoms with Gasteiger partial charge in [0.05, 0.1) is 5.75 Å². The van der Waals surface area contributed by atoms with E-state index in [-0.39, 0.29) is 18.2 Å². The molecule has 1 heterocycles. The number of fused-ring (bicyclic) bond motifs is 1. The smallest absolute Gasteiger partial charge is 0.272 e. The molecule has 0 radical (unpaired) electrons. The highest BCUT2D eigenvalue weighted by atomic mass is 32.2. The van der Waals surface area contributed by atoms with E-state index in [9.17, 15) is 13.2 Å². The van der Waals surface area contributed by atoms with Gasteiger partial charge in [0.1, 0.15) is 0 Å². The predicted molar refractivity (Wildman–Crippen MR) is 70.4 cm³/mol. The minimum atomic E-state index is -3.29. The van der Waals surface area contributed by atoms with E-state index >= 15 is 0 Å². The van der Waals surface area contributed by atoms with Crippen LogP contribution in [0.4, 0.5) is 0 Å². The number of sulfonamides is 1. The van der Waals surface area contributed by atoms with Crippen LogP contribution < -0.4 is 10.0 Å². The summed E-state index contributed by atoms with van der Waals surface area (Å²) in [7, 11) is -1.95. The van der Waals surface area contributed by atoms with Crippen LogP contribution in [0.2, 0.25) is 0 Å². The largest absolute Gasteiger partial charge is 0.350 e. The molecule has 0 fully saturated rings. The third-order valence-corrected chi connectivity index (χ3v) is 4.60. The van der Waals surface area contributed by atoms with Crippen LogP contribution in [-0.2, 0) is 22.9 Å². The first-order valence-electron chi connectivity index (χ1n) is 6.29. The lowest BCUT2D eigenvalue weighted by atomic mass is 9.96. The van der Waals surface area contributed by atoms with Crippen LogP contribution in [0.15, 0.2) is 0 Å². The number of aromatic nitrogens is 2. The zero-order valence-electron chi connectivity index (χ0n) is 10.8. The van der Waals surface area contributed by atoms with Gasteiger partial charge in [-0.1, -0.05) is 0 Å². The zero-order valence-corrected chi connectivity index (χ0v) is 11.6. The lowest BCUT2D eigenvalue weighted by Crippen LogP contribution is -2.33. The Kier molecular flexibility index (Phi) is 4.20. The van der Waals surface area contributed by atoms with Gasteiger partial charge in [0.25, 0.3) is 5.91 Å². The summed E-state index contributed by atoms with van der Waals surface area (Å²) in [5, 5.41) is 9.50. The fourth-order valence-electron chi connectivity index (χ4n) is 2.15. The number of aryl methyl sites for hydroxylation is 1. The minimum absolute atomic E-state index is 0.0731. The third kappa shape index (κ3) is 3.32. The number of nitrogens with one attached hydrogen (secondary N) is 3. The van der Waals surface area contributed by atoms with Crippen molar-refractivity contribution >= 4 is 15.9 Å². The molecule has 19 heavy (non-hydrogen) atoms. The molecular weight excluding hydrogens is 268 g/mol. The summed E-state index contributed by atoms with van der Waals surface area (Å²) in [5.41, 5.74) is 2.40. The second-order valence-electron chi connectivity index (χ2n) is 4.52. The maximum absolute atomic E-state index is 11.9. The molecular formula is C11H18N4O3S. The summed E-state index contributed by atoms with van der Waals surface area (Å²) in [6.07, 6.45) is 3.94. The zero-order chi connectivity index (χ0) is 13.9. The number of nitrogens with zero attached hydrogens (tertiary/aromatic N) is 1. The quantitative estimate of drug-likeness (QED) is 0.683. The monoisotopic (exact) mass is 286 g/mol. The lowest BCUT2D eigenvalue weighted by molar-refractivity contribution is 0.0950. The number of hydrogen-bond acceptors (Lipinski definition) is 4. The van der Waals surface area contributed by atoms with Gasteiger partial charge in [-0.05, 0) is 32.7 Å². The summed E-state index contributed by atoms with van der Waals surface area (Å²) < 4.78 is 24.6. The molecule has 0 aromatic carbocycles. The third-order valence-electron chi connectivity index (χ3n) is 3.24. The summed E-state index contributed by atoms with van der Waals surface area (Å²) in [6, 6.07) is 0. The number of carbonyl (C=O) groups excluding carboxylic acids is 1. The van der Waals surface area contributed by atoms with E-state index in [1.807, 2.05) is 0 Å². The van der Waals surface area contributed by atoms with E-state index in [2.05, 4.69) is 20.2 Å². The molecule has 0 bridgehead atoms. The number of amides is 1. The van der Waals surface area contributed by atoms with Crippen molar-refractivity contribution in [2.24, 2.45) is 0 Å². The van der Waals surface area contributed by atoms with E-state index in [0.29, 0.717) is 5.69 Å². The molecule has 7 nitrogen and oxygen atoms in total. The molecule has 1 aromatic rings. The fraction of sp³-hybridized carbons (Fsp3) is 0.636. The summed E-state index contributed by atoms with van der Waals surface area (Å²) >= 11 is 0. The van der Waals surface area contributed by atoms with Gasteiger partial charge in [-0.2, -0.15) is 5.10 Å². The number of aromatic amines is 1. The van der Waals surface area contributed by atoms with Crippen molar-refractivity contribution in [3.63, 3.8) is 0 Å². The highest BCUT2D eigenvalue weighted by Crippen LogP contribution is 2.21. The van der Waals surface area contributed by atoms with E-state index in [1.165, 1.54) is 7.05 Å². The number of H-pyrrole nitrogens is 1. The molecule has 0 atom stereocenters. The van der Waals surface area contributed by atoms with Crippen LogP contribution in [0.3, 0.4) is 0 Å². The van der Waals surface area contributed by atoms with Crippen molar-refractivity contribution < 1.29 is 13.2 Å². The standard InChI is InChI=1S/C11H18N4O3S/c1-12-19(17,18)7-6-13-11(16)10-8-4-2-3-5-9(8)14-15-10/h12H,2-7H2,1H3,(H,13,16)(H,14,15). The SMILES string of the molecule is CNS(=O)(=O)CCNC(=O)c1n[nH]c2c1CCCC2. The molecule has 2 rings (SSSR count). The van der Waals surface area contributed by atoms with Gasteiger partial charge in [-0.25, -0.2) is 13.1 Å².